The van der Waals surface area contributed by atoms with E-state index in [1.54, 1.807) is 23.5 Å². The summed E-state index contributed by atoms with van der Waals surface area (Å²) in [5, 5.41) is 0. The molecule has 1 aliphatic heterocycles. The minimum Gasteiger partial charge on any atom is -0.471 e. The number of amides is 1. The Hall–Kier alpha value is -2.77. The number of anilines is 1. The predicted octanol–water partition coefficient (Wildman–Crippen LogP) is 0.626. The second-order valence-electron chi connectivity index (χ2n) is 5.48. The number of rotatable bonds is 4. The zero-order valence-corrected chi connectivity index (χ0v) is 13.1. The number of likely N-dealkylation sites (tertiary alicyclic amines) is 1. The highest BCUT2D eigenvalue weighted by atomic mass is 16.5. The smallest absolute Gasteiger partial charge is 0.274 e. The van der Waals surface area contributed by atoms with Gasteiger partial charge in [0, 0.05) is 39.5 Å². The summed E-state index contributed by atoms with van der Waals surface area (Å²) in [5.74, 6) is 1.07. The maximum atomic E-state index is 12.3. The lowest BCUT2D eigenvalue weighted by atomic mass is 10.3. The fourth-order valence-corrected chi connectivity index (χ4v) is 2.36. The van der Waals surface area contributed by atoms with Gasteiger partial charge in [0.2, 0.25) is 5.88 Å². The molecule has 1 amide bonds. The van der Waals surface area contributed by atoms with Gasteiger partial charge in [-0.3, -0.25) is 14.8 Å². The van der Waals surface area contributed by atoms with E-state index in [0.717, 1.165) is 12.2 Å². The van der Waals surface area contributed by atoms with Crippen LogP contribution in [0.2, 0.25) is 0 Å². The second-order valence-corrected chi connectivity index (χ2v) is 5.48. The summed E-state index contributed by atoms with van der Waals surface area (Å²) in [6.07, 6.45) is 8.44. The van der Waals surface area contributed by atoms with Crippen LogP contribution in [0.1, 0.15) is 16.9 Å². The van der Waals surface area contributed by atoms with E-state index in [1.165, 1.54) is 12.4 Å². The zero-order chi connectivity index (χ0) is 16.2. The number of nitrogens with zero attached hydrogens (tertiary/aromatic N) is 6. The third-order valence-corrected chi connectivity index (χ3v) is 3.56. The van der Waals surface area contributed by atoms with Crippen LogP contribution in [-0.2, 0) is 0 Å². The molecular weight excluding hydrogens is 296 g/mol. The number of carbonyl (C=O) groups excluding carboxylic acids is 1. The Morgan fingerprint density at radius 3 is 2.87 bits per heavy atom. The van der Waals surface area contributed by atoms with Crippen LogP contribution in [0.25, 0.3) is 0 Å². The monoisotopic (exact) mass is 314 g/mol. The van der Waals surface area contributed by atoms with Crippen molar-refractivity contribution in [3.63, 3.8) is 0 Å². The van der Waals surface area contributed by atoms with Crippen LogP contribution in [0.3, 0.4) is 0 Å². The van der Waals surface area contributed by atoms with Gasteiger partial charge >= 0.3 is 0 Å². The van der Waals surface area contributed by atoms with Crippen molar-refractivity contribution >= 4 is 11.7 Å². The Bertz CT molecular complexity index is 679. The molecule has 1 saturated heterocycles. The van der Waals surface area contributed by atoms with Gasteiger partial charge in [0.15, 0.2) is 5.82 Å². The molecule has 1 fully saturated rings. The molecule has 1 atom stereocenters. The molecule has 0 N–H and O–H groups in total. The molecular formula is C15H18N6O2. The van der Waals surface area contributed by atoms with Gasteiger partial charge < -0.3 is 14.5 Å². The first-order valence-electron chi connectivity index (χ1n) is 7.35. The summed E-state index contributed by atoms with van der Waals surface area (Å²) in [5.41, 5.74) is 0.350. The van der Waals surface area contributed by atoms with Gasteiger partial charge in [-0.2, -0.15) is 4.98 Å². The highest BCUT2D eigenvalue weighted by molar-refractivity contribution is 5.92. The Kier molecular flexibility index (Phi) is 4.31. The summed E-state index contributed by atoms with van der Waals surface area (Å²) >= 11 is 0. The Morgan fingerprint density at radius 1 is 1.26 bits per heavy atom. The second kappa shape index (κ2) is 6.55. The number of hydrogen-bond donors (Lipinski definition) is 0. The summed E-state index contributed by atoms with van der Waals surface area (Å²) in [6, 6.07) is 0. The SMILES string of the molecule is CN(C)c1cncc(OC2CCN(C(=O)c3cnccn3)C2)n1. The van der Waals surface area contributed by atoms with Gasteiger partial charge in [-0.05, 0) is 0 Å². The molecule has 0 saturated carbocycles. The average molecular weight is 314 g/mol. The molecule has 8 nitrogen and oxygen atoms in total. The van der Waals surface area contributed by atoms with Crippen molar-refractivity contribution in [2.24, 2.45) is 0 Å². The van der Waals surface area contributed by atoms with Crippen LogP contribution >= 0.6 is 0 Å². The Labute approximate surface area is 134 Å². The van der Waals surface area contributed by atoms with Crippen LogP contribution in [0.15, 0.2) is 31.0 Å². The molecule has 23 heavy (non-hydrogen) atoms. The summed E-state index contributed by atoms with van der Waals surface area (Å²) in [7, 11) is 3.79. The van der Waals surface area contributed by atoms with Gasteiger partial charge in [0.1, 0.15) is 11.8 Å². The van der Waals surface area contributed by atoms with E-state index in [-0.39, 0.29) is 12.0 Å². The molecule has 0 radical (unpaired) electrons. The first-order valence-corrected chi connectivity index (χ1v) is 7.35. The molecule has 1 unspecified atom stereocenters. The van der Waals surface area contributed by atoms with Crippen molar-refractivity contribution in [2.45, 2.75) is 12.5 Å². The number of hydrogen-bond acceptors (Lipinski definition) is 7. The molecule has 2 aromatic heterocycles. The van der Waals surface area contributed by atoms with E-state index in [0.29, 0.717) is 24.7 Å². The van der Waals surface area contributed by atoms with E-state index >= 15 is 0 Å². The van der Waals surface area contributed by atoms with Crippen LogP contribution in [0.4, 0.5) is 5.82 Å². The van der Waals surface area contributed by atoms with Gasteiger partial charge in [-0.25, -0.2) is 4.98 Å². The van der Waals surface area contributed by atoms with Crippen molar-refractivity contribution < 1.29 is 9.53 Å². The number of carbonyl (C=O) groups is 1. The molecule has 0 aromatic carbocycles. The fourth-order valence-electron chi connectivity index (χ4n) is 2.36. The first-order chi connectivity index (χ1) is 11.1. The van der Waals surface area contributed by atoms with Gasteiger partial charge in [-0.15, -0.1) is 0 Å². The molecule has 8 heteroatoms. The third kappa shape index (κ3) is 3.53. The maximum absolute atomic E-state index is 12.3. The number of aromatic nitrogens is 4. The average Bonchev–Trinajstić information content (AvgIpc) is 3.03. The van der Waals surface area contributed by atoms with Gasteiger partial charge in [-0.1, -0.05) is 0 Å². The van der Waals surface area contributed by atoms with Crippen LogP contribution in [0, 0.1) is 0 Å². The fraction of sp³-hybridized carbons (Fsp3) is 0.400. The molecule has 120 valence electrons. The van der Waals surface area contributed by atoms with E-state index in [1.807, 2.05) is 19.0 Å². The predicted molar refractivity (Wildman–Crippen MR) is 83.3 cm³/mol. The minimum absolute atomic E-state index is 0.0951. The van der Waals surface area contributed by atoms with Gasteiger partial charge in [0.05, 0.1) is 25.1 Å². The lowest BCUT2D eigenvalue weighted by molar-refractivity contribution is 0.0765. The molecule has 1 aliphatic rings. The highest BCUT2D eigenvalue weighted by Crippen LogP contribution is 2.19. The molecule has 3 heterocycles. The molecule has 0 spiro atoms. The van der Waals surface area contributed by atoms with E-state index in [9.17, 15) is 4.79 Å². The van der Waals surface area contributed by atoms with Crippen molar-refractivity contribution in [3.05, 3.63) is 36.7 Å². The maximum Gasteiger partial charge on any atom is 0.274 e. The molecule has 3 rings (SSSR count). The van der Waals surface area contributed by atoms with Crippen molar-refractivity contribution in [1.82, 2.24) is 24.8 Å². The quantitative estimate of drug-likeness (QED) is 0.818. The molecule has 0 bridgehead atoms. The molecule has 2 aromatic rings. The third-order valence-electron chi connectivity index (χ3n) is 3.56. The van der Waals surface area contributed by atoms with E-state index in [2.05, 4.69) is 19.9 Å². The Balaban J connectivity index is 1.62. The molecule has 0 aliphatic carbocycles. The van der Waals surface area contributed by atoms with Gasteiger partial charge in [0.25, 0.3) is 5.91 Å². The van der Waals surface area contributed by atoms with Crippen molar-refractivity contribution in [3.8, 4) is 5.88 Å². The van der Waals surface area contributed by atoms with Crippen LogP contribution in [0.5, 0.6) is 5.88 Å². The minimum atomic E-state index is -0.127. The van der Waals surface area contributed by atoms with E-state index in [4.69, 9.17) is 4.74 Å². The zero-order valence-electron chi connectivity index (χ0n) is 13.1. The van der Waals surface area contributed by atoms with E-state index < -0.39 is 0 Å². The summed E-state index contributed by atoms with van der Waals surface area (Å²) in [6.45, 7) is 1.13. The lowest BCUT2D eigenvalue weighted by Gasteiger charge is -2.17. The highest BCUT2D eigenvalue weighted by Gasteiger charge is 2.29. The topological polar surface area (TPSA) is 84.3 Å². The number of ether oxygens (including phenoxy) is 1. The largest absolute Gasteiger partial charge is 0.471 e. The summed E-state index contributed by atoms with van der Waals surface area (Å²) < 4.78 is 5.85. The van der Waals surface area contributed by atoms with Crippen molar-refractivity contribution in [2.75, 3.05) is 32.1 Å². The first kappa shape index (κ1) is 15.1. The van der Waals surface area contributed by atoms with Crippen LogP contribution in [-0.4, -0.2) is 64.0 Å². The summed E-state index contributed by atoms with van der Waals surface area (Å²) in [4.78, 5) is 32.4. The Morgan fingerprint density at radius 2 is 2.13 bits per heavy atom. The lowest BCUT2D eigenvalue weighted by Crippen LogP contribution is -2.31. The van der Waals surface area contributed by atoms with Crippen LogP contribution < -0.4 is 9.64 Å². The standard InChI is InChI=1S/C15H18N6O2/c1-20(2)13-8-17-9-14(19-13)23-11-3-6-21(10-11)15(22)12-7-16-4-5-18-12/h4-5,7-9,11H,3,6,10H2,1-2H3. The van der Waals surface area contributed by atoms with Crippen molar-refractivity contribution in [1.29, 1.82) is 0 Å². The normalized spacial score (nSPS) is 17.1.